The highest BCUT2D eigenvalue weighted by molar-refractivity contribution is 6.22. The van der Waals surface area contributed by atoms with Crippen LogP contribution in [-0.2, 0) is 0 Å². The number of hydrogen-bond acceptors (Lipinski definition) is 2. The first-order valence-corrected chi connectivity index (χ1v) is 20.4. The van der Waals surface area contributed by atoms with Crippen LogP contribution in [0.2, 0.25) is 0 Å². The molecule has 8 aromatic carbocycles. The van der Waals surface area contributed by atoms with Crippen molar-refractivity contribution < 1.29 is 0 Å². The standard InChI is InChI=1S/C56H36N4/c1-2-10-44-33-45(28-19-37(44)9-1)38-15-17-39(18-16-38)46-29-30-49-50(34-46)56(43-26-22-41(23-27-43)52-36-60-32-8-6-14-54(60)58-52)48-12-4-3-11-47(48)55(49)42-24-20-40(21-25-42)51-35-59-31-7-5-13-53(59)57-51/h1-36H. The molecule has 0 saturated heterocycles. The fraction of sp³-hybridized carbons (Fsp3) is 0. The van der Waals surface area contributed by atoms with Crippen molar-refractivity contribution in [3.05, 3.63) is 219 Å². The van der Waals surface area contributed by atoms with Gasteiger partial charge in [-0.1, -0.05) is 158 Å². The smallest absolute Gasteiger partial charge is 0.137 e. The third-order valence-corrected chi connectivity index (χ3v) is 12.0. The van der Waals surface area contributed by atoms with E-state index in [4.69, 9.17) is 9.97 Å². The molecule has 12 aromatic rings. The zero-order valence-electron chi connectivity index (χ0n) is 32.6. The molecule has 0 N–H and O–H groups in total. The Hall–Kier alpha value is -8.08. The fourth-order valence-electron chi connectivity index (χ4n) is 8.97. The Bertz CT molecular complexity index is 3510. The van der Waals surface area contributed by atoms with Gasteiger partial charge in [0, 0.05) is 35.9 Å². The number of fused-ring (bicyclic) bond motifs is 5. The van der Waals surface area contributed by atoms with Gasteiger partial charge in [0.25, 0.3) is 0 Å². The molecule has 0 aliphatic carbocycles. The lowest BCUT2D eigenvalue weighted by atomic mass is 9.84. The molecule has 0 spiro atoms. The Kier molecular flexibility index (Phi) is 7.82. The molecule has 0 aliphatic heterocycles. The molecule has 4 aromatic heterocycles. The van der Waals surface area contributed by atoms with Crippen LogP contribution in [0.1, 0.15) is 0 Å². The average molecular weight is 765 g/mol. The lowest BCUT2D eigenvalue weighted by Gasteiger charge is -2.19. The van der Waals surface area contributed by atoms with Gasteiger partial charge in [-0.2, -0.15) is 0 Å². The molecule has 4 heteroatoms. The Morgan fingerprint density at radius 2 is 0.700 bits per heavy atom. The highest BCUT2D eigenvalue weighted by Crippen LogP contribution is 2.45. The van der Waals surface area contributed by atoms with E-state index in [-0.39, 0.29) is 0 Å². The summed E-state index contributed by atoms with van der Waals surface area (Å²) < 4.78 is 4.14. The molecule has 280 valence electrons. The van der Waals surface area contributed by atoms with E-state index in [0.717, 1.165) is 33.8 Å². The second kappa shape index (κ2) is 13.8. The summed E-state index contributed by atoms with van der Waals surface area (Å²) in [4.78, 5) is 9.81. The van der Waals surface area contributed by atoms with Crippen LogP contribution in [0, 0.1) is 0 Å². The quantitative estimate of drug-likeness (QED) is 0.158. The van der Waals surface area contributed by atoms with E-state index in [1.807, 2.05) is 48.8 Å². The molecule has 4 heterocycles. The Balaban J connectivity index is 1.01. The van der Waals surface area contributed by atoms with Crippen molar-refractivity contribution in [3.8, 4) is 67.0 Å². The fourth-order valence-corrected chi connectivity index (χ4v) is 8.97. The van der Waals surface area contributed by atoms with E-state index < -0.39 is 0 Å². The van der Waals surface area contributed by atoms with E-state index in [1.165, 1.54) is 76.8 Å². The predicted molar refractivity (Wildman–Crippen MR) is 249 cm³/mol. The number of imidazole rings is 2. The molecule has 0 amide bonds. The van der Waals surface area contributed by atoms with E-state index in [2.05, 4.69) is 179 Å². The van der Waals surface area contributed by atoms with Crippen molar-refractivity contribution in [3.63, 3.8) is 0 Å². The molecule has 0 saturated carbocycles. The molecule has 0 unspecified atom stereocenters. The van der Waals surface area contributed by atoms with Crippen LogP contribution >= 0.6 is 0 Å². The van der Waals surface area contributed by atoms with Crippen molar-refractivity contribution in [2.24, 2.45) is 0 Å². The van der Waals surface area contributed by atoms with Crippen LogP contribution in [0.3, 0.4) is 0 Å². The summed E-state index contributed by atoms with van der Waals surface area (Å²) in [5.74, 6) is 0. The summed E-state index contributed by atoms with van der Waals surface area (Å²) in [5.41, 5.74) is 15.5. The molecular formula is C56H36N4. The number of nitrogens with zero attached hydrogens (tertiary/aromatic N) is 4. The lowest BCUT2D eigenvalue weighted by Crippen LogP contribution is -1.92. The first kappa shape index (κ1) is 34.0. The number of benzene rings is 8. The molecule has 12 rings (SSSR count). The predicted octanol–water partition coefficient (Wildman–Crippen LogP) is 14.4. The van der Waals surface area contributed by atoms with Gasteiger partial charge in [-0.25, -0.2) is 9.97 Å². The maximum absolute atomic E-state index is 4.91. The third kappa shape index (κ3) is 5.77. The van der Waals surface area contributed by atoms with Crippen LogP contribution in [0.4, 0.5) is 0 Å². The highest BCUT2D eigenvalue weighted by Gasteiger charge is 2.19. The SMILES string of the molecule is c1ccc2cc(-c3ccc(-c4ccc5c(-c6ccc(-c7cn8ccccc8n7)cc6)c6ccccc6c(-c6ccc(-c7cn8ccccc8n7)cc6)c5c4)cc3)ccc2c1. The molecule has 0 atom stereocenters. The van der Waals surface area contributed by atoms with Gasteiger partial charge in [-0.05, 0) is 113 Å². The van der Waals surface area contributed by atoms with Gasteiger partial charge in [0.05, 0.1) is 11.4 Å². The highest BCUT2D eigenvalue weighted by atomic mass is 15.0. The second-order valence-electron chi connectivity index (χ2n) is 15.5. The number of hydrogen-bond donors (Lipinski definition) is 0. The van der Waals surface area contributed by atoms with Gasteiger partial charge in [0.15, 0.2) is 0 Å². The second-order valence-corrected chi connectivity index (χ2v) is 15.5. The Morgan fingerprint density at radius 3 is 1.27 bits per heavy atom. The van der Waals surface area contributed by atoms with Crippen LogP contribution in [0.25, 0.3) is 111 Å². The van der Waals surface area contributed by atoms with E-state index in [9.17, 15) is 0 Å². The summed E-state index contributed by atoms with van der Waals surface area (Å²) in [6.45, 7) is 0. The van der Waals surface area contributed by atoms with Gasteiger partial charge < -0.3 is 8.80 Å². The maximum atomic E-state index is 4.91. The molecule has 60 heavy (non-hydrogen) atoms. The minimum Gasteiger partial charge on any atom is -0.306 e. The van der Waals surface area contributed by atoms with Crippen LogP contribution in [0.5, 0.6) is 0 Å². The summed E-state index contributed by atoms with van der Waals surface area (Å²) in [6, 6.07) is 70.2. The van der Waals surface area contributed by atoms with E-state index in [0.29, 0.717) is 0 Å². The van der Waals surface area contributed by atoms with Crippen molar-refractivity contribution in [1.29, 1.82) is 0 Å². The molecule has 0 aliphatic rings. The van der Waals surface area contributed by atoms with Gasteiger partial charge in [0.2, 0.25) is 0 Å². The van der Waals surface area contributed by atoms with Gasteiger partial charge >= 0.3 is 0 Å². The van der Waals surface area contributed by atoms with Crippen LogP contribution in [0.15, 0.2) is 219 Å². The van der Waals surface area contributed by atoms with Crippen molar-refractivity contribution in [2.45, 2.75) is 0 Å². The largest absolute Gasteiger partial charge is 0.306 e. The summed E-state index contributed by atoms with van der Waals surface area (Å²) in [7, 11) is 0. The monoisotopic (exact) mass is 764 g/mol. The van der Waals surface area contributed by atoms with E-state index >= 15 is 0 Å². The minimum absolute atomic E-state index is 0.938. The Labute approximate surface area is 346 Å². The number of rotatable bonds is 6. The molecule has 0 bridgehead atoms. The molecular weight excluding hydrogens is 729 g/mol. The third-order valence-electron chi connectivity index (χ3n) is 12.0. The summed E-state index contributed by atoms with van der Waals surface area (Å²) in [5, 5.41) is 7.37. The number of aromatic nitrogens is 4. The average Bonchev–Trinajstić information content (AvgIpc) is 3.96. The topological polar surface area (TPSA) is 34.6 Å². The van der Waals surface area contributed by atoms with Gasteiger partial charge in [-0.3, -0.25) is 0 Å². The Morgan fingerprint density at radius 1 is 0.283 bits per heavy atom. The zero-order valence-corrected chi connectivity index (χ0v) is 32.6. The normalized spacial score (nSPS) is 11.7. The molecule has 0 fully saturated rings. The summed E-state index contributed by atoms with van der Waals surface area (Å²) >= 11 is 0. The molecule has 0 radical (unpaired) electrons. The first-order chi connectivity index (χ1) is 29.7. The zero-order chi connectivity index (χ0) is 39.6. The lowest BCUT2D eigenvalue weighted by molar-refractivity contribution is 1.19. The van der Waals surface area contributed by atoms with Crippen LogP contribution in [-0.4, -0.2) is 18.8 Å². The van der Waals surface area contributed by atoms with Crippen molar-refractivity contribution in [2.75, 3.05) is 0 Å². The maximum Gasteiger partial charge on any atom is 0.137 e. The van der Waals surface area contributed by atoms with Gasteiger partial charge in [-0.15, -0.1) is 0 Å². The number of pyridine rings is 2. The molecule has 4 nitrogen and oxygen atoms in total. The minimum atomic E-state index is 0.938. The summed E-state index contributed by atoms with van der Waals surface area (Å²) in [6.07, 6.45) is 8.28. The van der Waals surface area contributed by atoms with E-state index in [1.54, 1.807) is 0 Å². The van der Waals surface area contributed by atoms with Crippen molar-refractivity contribution in [1.82, 2.24) is 18.8 Å². The first-order valence-electron chi connectivity index (χ1n) is 20.4. The van der Waals surface area contributed by atoms with Crippen molar-refractivity contribution >= 4 is 43.6 Å². The van der Waals surface area contributed by atoms with Crippen LogP contribution < -0.4 is 0 Å². The van der Waals surface area contributed by atoms with Gasteiger partial charge in [0.1, 0.15) is 11.3 Å².